The molecule has 1 amide bonds. The highest BCUT2D eigenvalue weighted by Crippen LogP contribution is 2.03. The molecule has 0 saturated heterocycles. The van der Waals surface area contributed by atoms with Crippen molar-refractivity contribution in [2.24, 2.45) is 5.73 Å². The van der Waals surface area contributed by atoms with Gasteiger partial charge in [-0.05, 0) is 18.4 Å². The van der Waals surface area contributed by atoms with Crippen LogP contribution in [0.5, 0.6) is 0 Å². The molecule has 0 aliphatic carbocycles. The molecule has 4 nitrogen and oxygen atoms in total. The van der Waals surface area contributed by atoms with Gasteiger partial charge in [0.1, 0.15) is 0 Å². The zero-order valence-electron chi connectivity index (χ0n) is 10.8. The average molecular weight is 250 g/mol. The normalized spacial score (nSPS) is 13.9. The van der Waals surface area contributed by atoms with Gasteiger partial charge in [-0.3, -0.25) is 4.79 Å². The van der Waals surface area contributed by atoms with Gasteiger partial charge in [-0.2, -0.15) is 0 Å². The lowest BCUT2D eigenvalue weighted by Gasteiger charge is -2.19. The van der Waals surface area contributed by atoms with E-state index in [1.54, 1.807) is 0 Å². The van der Waals surface area contributed by atoms with Crippen molar-refractivity contribution in [3.8, 4) is 0 Å². The number of benzene rings is 1. The van der Waals surface area contributed by atoms with Crippen LogP contribution in [-0.2, 0) is 11.2 Å². The molecule has 1 aromatic rings. The Kier molecular flexibility index (Phi) is 6.39. The van der Waals surface area contributed by atoms with E-state index in [2.05, 4.69) is 5.32 Å². The third-order valence-corrected chi connectivity index (χ3v) is 2.83. The quantitative estimate of drug-likeness (QED) is 0.671. The van der Waals surface area contributed by atoms with E-state index in [1.165, 1.54) is 0 Å². The second kappa shape index (κ2) is 7.84. The Morgan fingerprint density at radius 1 is 1.39 bits per heavy atom. The van der Waals surface area contributed by atoms with Crippen molar-refractivity contribution < 1.29 is 9.90 Å². The summed E-state index contributed by atoms with van der Waals surface area (Å²) in [6.07, 6.45) is 2.15. The minimum absolute atomic E-state index is 0.0838. The van der Waals surface area contributed by atoms with Crippen LogP contribution < -0.4 is 11.1 Å². The minimum atomic E-state index is -0.486. The number of nitrogens with two attached hydrogens (primary N) is 1. The zero-order chi connectivity index (χ0) is 13.4. The first-order chi connectivity index (χ1) is 8.67. The van der Waals surface area contributed by atoms with Crippen LogP contribution in [0.15, 0.2) is 30.3 Å². The molecular weight excluding hydrogens is 228 g/mol. The maximum Gasteiger partial charge on any atom is 0.237 e. The number of rotatable bonds is 7. The lowest BCUT2D eigenvalue weighted by molar-refractivity contribution is -0.123. The fourth-order valence-corrected chi connectivity index (χ4v) is 1.81. The number of amides is 1. The Morgan fingerprint density at radius 2 is 2.06 bits per heavy atom. The molecule has 0 heterocycles. The van der Waals surface area contributed by atoms with E-state index in [0.717, 1.165) is 12.0 Å². The SMILES string of the molecule is CCC[C@H](N)C(=O)N[C@@H](CO)Cc1ccccc1. The highest BCUT2D eigenvalue weighted by Gasteiger charge is 2.17. The Morgan fingerprint density at radius 3 is 2.61 bits per heavy atom. The standard InChI is InChI=1S/C14H22N2O2/c1-2-6-13(15)14(18)16-12(10-17)9-11-7-4-3-5-8-11/h3-5,7-8,12-13,17H,2,6,9-10,15H2,1H3,(H,16,18)/t12-,13+/m1/s1. The summed E-state index contributed by atoms with van der Waals surface area (Å²) < 4.78 is 0. The maximum absolute atomic E-state index is 11.7. The summed E-state index contributed by atoms with van der Waals surface area (Å²) in [5.74, 6) is -0.188. The summed E-state index contributed by atoms with van der Waals surface area (Å²) in [6, 6.07) is 9.00. The Labute approximate surface area is 108 Å². The molecule has 0 spiro atoms. The Bertz CT molecular complexity index is 354. The summed E-state index contributed by atoms with van der Waals surface area (Å²) in [4.78, 5) is 11.7. The van der Waals surface area contributed by atoms with Gasteiger partial charge < -0.3 is 16.2 Å². The third-order valence-electron chi connectivity index (χ3n) is 2.83. The van der Waals surface area contributed by atoms with E-state index >= 15 is 0 Å². The smallest absolute Gasteiger partial charge is 0.237 e. The van der Waals surface area contributed by atoms with Crippen LogP contribution in [0, 0.1) is 0 Å². The first-order valence-corrected chi connectivity index (χ1v) is 6.38. The first kappa shape index (κ1) is 14.7. The van der Waals surface area contributed by atoms with Gasteiger partial charge in [0.25, 0.3) is 0 Å². The van der Waals surface area contributed by atoms with Gasteiger partial charge in [-0.15, -0.1) is 0 Å². The van der Waals surface area contributed by atoms with Crippen LogP contribution in [0.4, 0.5) is 0 Å². The van der Waals surface area contributed by atoms with Gasteiger partial charge in [0.2, 0.25) is 5.91 Å². The molecule has 2 atom stereocenters. The average Bonchev–Trinajstić information content (AvgIpc) is 2.39. The molecule has 4 N–H and O–H groups in total. The molecule has 0 bridgehead atoms. The molecule has 1 aromatic carbocycles. The number of nitrogens with one attached hydrogen (secondary N) is 1. The predicted octanol–water partition coefficient (Wildman–Crippen LogP) is 0.834. The van der Waals surface area contributed by atoms with Crippen molar-refractivity contribution in [1.29, 1.82) is 0 Å². The van der Waals surface area contributed by atoms with E-state index in [-0.39, 0.29) is 18.6 Å². The van der Waals surface area contributed by atoms with Crippen LogP contribution in [-0.4, -0.2) is 29.7 Å². The summed E-state index contributed by atoms with van der Waals surface area (Å²) in [6.45, 7) is 1.90. The number of carbonyl (C=O) groups is 1. The van der Waals surface area contributed by atoms with Crippen molar-refractivity contribution in [1.82, 2.24) is 5.32 Å². The van der Waals surface area contributed by atoms with Crippen LogP contribution in [0.3, 0.4) is 0 Å². The minimum Gasteiger partial charge on any atom is -0.394 e. The van der Waals surface area contributed by atoms with Gasteiger partial charge in [0, 0.05) is 0 Å². The number of hydrogen-bond donors (Lipinski definition) is 3. The number of aliphatic hydroxyl groups excluding tert-OH is 1. The van der Waals surface area contributed by atoms with Crippen LogP contribution in [0.2, 0.25) is 0 Å². The number of hydrogen-bond acceptors (Lipinski definition) is 3. The molecule has 4 heteroatoms. The topological polar surface area (TPSA) is 75.4 Å². The summed E-state index contributed by atoms with van der Waals surface area (Å²) in [5, 5.41) is 12.1. The monoisotopic (exact) mass is 250 g/mol. The van der Waals surface area contributed by atoms with Crippen LogP contribution in [0.1, 0.15) is 25.3 Å². The van der Waals surface area contributed by atoms with Crippen molar-refractivity contribution >= 4 is 5.91 Å². The van der Waals surface area contributed by atoms with Crippen LogP contribution in [0.25, 0.3) is 0 Å². The lowest BCUT2D eigenvalue weighted by atomic mass is 10.1. The van der Waals surface area contributed by atoms with Gasteiger partial charge in [-0.25, -0.2) is 0 Å². The van der Waals surface area contributed by atoms with Crippen molar-refractivity contribution in [2.75, 3.05) is 6.61 Å². The molecule has 0 aliphatic rings. The Balaban J connectivity index is 2.49. The third kappa shape index (κ3) is 4.85. The second-order valence-electron chi connectivity index (χ2n) is 4.47. The predicted molar refractivity (Wildman–Crippen MR) is 72.0 cm³/mol. The number of carbonyl (C=O) groups excluding carboxylic acids is 1. The fraction of sp³-hybridized carbons (Fsp3) is 0.500. The van der Waals surface area contributed by atoms with Crippen molar-refractivity contribution in [3.63, 3.8) is 0 Å². The summed E-state index contributed by atoms with van der Waals surface area (Å²) in [7, 11) is 0. The fourth-order valence-electron chi connectivity index (χ4n) is 1.81. The zero-order valence-corrected chi connectivity index (χ0v) is 10.8. The van der Waals surface area contributed by atoms with E-state index in [9.17, 15) is 9.90 Å². The molecule has 0 saturated carbocycles. The molecule has 0 aromatic heterocycles. The van der Waals surface area contributed by atoms with E-state index in [4.69, 9.17) is 5.73 Å². The molecule has 100 valence electrons. The second-order valence-corrected chi connectivity index (χ2v) is 4.47. The Hall–Kier alpha value is -1.39. The molecule has 0 unspecified atom stereocenters. The van der Waals surface area contributed by atoms with E-state index < -0.39 is 6.04 Å². The van der Waals surface area contributed by atoms with Gasteiger partial charge in [0.15, 0.2) is 0 Å². The van der Waals surface area contributed by atoms with Gasteiger partial charge in [0.05, 0.1) is 18.7 Å². The van der Waals surface area contributed by atoms with E-state index in [0.29, 0.717) is 12.8 Å². The molecule has 1 rings (SSSR count). The highest BCUT2D eigenvalue weighted by molar-refractivity contribution is 5.81. The largest absolute Gasteiger partial charge is 0.394 e. The molecule has 0 aliphatic heterocycles. The van der Waals surface area contributed by atoms with Crippen LogP contribution >= 0.6 is 0 Å². The molecule has 0 radical (unpaired) electrons. The van der Waals surface area contributed by atoms with Crippen molar-refractivity contribution in [2.45, 2.75) is 38.3 Å². The van der Waals surface area contributed by atoms with Gasteiger partial charge >= 0.3 is 0 Å². The summed E-state index contributed by atoms with van der Waals surface area (Å²) >= 11 is 0. The molecular formula is C14H22N2O2. The molecule has 0 fully saturated rings. The maximum atomic E-state index is 11.7. The van der Waals surface area contributed by atoms with Gasteiger partial charge in [-0.1, -0.05) is 43.7 Å². The molecule has 18 heavy (non-hydrogen) atoms. The van der Waals surface area contributed by atoms with E-state index in [1.807, 2.05) is 37.3 Å². The first-order valence-electron chi connectivity index (χ1n) is 6.38. The number of aliphatic hydroxyl groups is 1. The highest BCUT2D eigenvalue weighted by atomic mass is 16.3. The van der Waals surface area contributed by atoms with Crippen molar-refractivity contribution in [3.05, 3.63) is 35.9 Å². The summed E-state index contributed by atoms with van der Waals surface area (Å²) in [5.41, 5.74) is 6.81. The lowest BCUT2D eigenvalue weighted by Crippen LogP contribution is -2.47.